The summed E-state index contributed by atoms with van der Waals surface area (Å²) in [5.74, 6) is 1.72. The third-order valence-corrected chi connectivity index (χ3v) is 4.84. The van der Waals surface area contributed by atoms with Crippen LogP contribution in [0.15, 0.2) is 29.8 Å². The Kier molecular flexibility index (Phi) is 5.01. The topological polar surface area (TPSA) is 41.6 Å². The van der Waals surface area contributed by atoms with Gasteiger partial charge in [0.15, 0.2) is 0 Å². The van der Waals surface area contributed by atoms with Crippen molar-refractivity contribution in [3.63, 3.8) is 0 Å². The number of nitrogens with one attached hydrogen (secondary N) is 1. The van der Waals surface area contributed by atoms with Gasteiger partial charge in [0.25, 0.3) is 0 Å². The van der Waals surface area contributed by atoms with Crippen molar-refractivity contribution >= 4 is 12.0 Å². The summed E-state index contributed by atoms with van der Waals surface area (Å²) in [7, 11) is 0. The molecule has 23 heavy (non-hydrogen) atoms. The van der Waals surface area contributed by atoms with Crippen LogP contribution in [0.4, 0.5) is 0 Å². The number of carbonyl (C=O) groups is 1. The van der Waals surface area contributed by atoms with Crippen molar-refractivity contribution in [3.8, 4) is 5.75 Å². The Morgan fingerprint density at radius 1 is 1.39 bits per heavy atom. The van der Waals surface area contributed by atoms with E-state index in [1.807, 2.05) is 30.0 Å². The SMILES string of the molecule is CCC(=O)N1CCC(NCC2=Cc3ccccc3OC2)C(C)C1. The highest BCUT2D eigenvalue weighted by Gasteiger charge is 2.27. The Morgan fingerprint density at radius 2 is 2.22 bits per heavy atom. The maximum Gasteiger partial charge on any atom is 0.222 e. The second kappa shape index (κ2) is 7.18. The van der Waals surface area contributed by atoms with Crippen molar-refractivity contribution in [2.75, 3.05) is 26.2 Å². The van der Waals surface area contributed by atoms with Crippen molar-refractivity contribution < 1.29 is 9.53 Å². The molecule has 1 amide bonds. The number of benzene rings is 1. The van der Waals surface area contributed by atoms with Crippen LogP contribution < -0.4 is 10.1 Å². The third kappa shape index (κ3) is 3.75. The third-order valence-electron chi connectivity index (χ3n) is 4.84. The van der Waals surface area contributed by atoms with Crippen LogP contribution in [0.5, 0.6) is 5.75 Å². The monoisotopic (exact) mass is 314 g/mol. The van der Waals surface area contributed by atoms with Crippen molar-refractivity contribution in [1.82, 2.24) is 10.2 Å². The smallest absolute Gasteiger partial charge is 0.222 e. The minimum Gasteiger partial charge on any atom is -0.489 e. The second-order valence-corrected chi connectivity index (χ2v) is 6.58. The normalized spacial score (nSPS) is 23.7. The van der Waals surface area contributed by atoms with Crippen LogP contribution in [0.25, 0.3) is 6.08 Å². The Labute approximate surface area is 138 Å². The van der Waals surface area contributed by atoms with Gasteiger partial charge in [0, 0.05) is 37.7 Å². The van der Waals surface area contributed by atoms with Crippen LogP contribution in [-0.4, -0.2) is 43.1 Å². The van der Waals surface area contributed by atoms with Crippen LogP contribution >= 0.6 is 0 Å². The molecule has 2 atom stereocenters. The van der Waals surface area contributed by atoms with Gasteiger partial charge < -0.3 is 15.0 Å². The van der Waals surface area contributed by atoms with E-state index in [1.165, 1.54) is 5.57 Å². The van der Waals surface area contributed by atoms with Crippen LogP contribution in [0.3, 0.4) is 0 Å². The van der Waals surface area contributed by atoms with E-state index >= 15 is 0 Å². The summed E-state index contributed by atoms with van der Waals surface area (Å²) >= 11 is 0. The fraction of sp³-hybridized carbons (Fsp3) is 0.526. The number of hydrogen-bond acceptors (Lipinski definition) is 3. The fourth-order valence-corrected chi connectivity index (χ4v) is 3.43. The zero-order valence-electron chi connectivity index (χ0n) is 14.0. The van der Waals surface area contributed by atoms with E-state index in [-0.39, 0.29) is 5.91 Å². The quantitative estimate of drug-likeness (QED) is 0.929. The molecular weight excluding hydrogens is 288 g/mol. The zero-order chi connectivity index (χ0) is 16.2. The first kappa shape index (κ1) is 16.1. The average molecular weight is 314 g/mol. The van der Waals surface area contributed by atoms with E-state index in [0.29, 0.717) is 25.0 Å². The van der Waals surface area contributed by atoms with Gasteiger partial charge in [0.1, 0.15) is 12.4 Å². The van der Waals surface area contributed by atoms with E-state index in [0.717, 1.165) is 37.4 Å². The van der Waals surface area contributed by atoms with Crippen LogP contribution in [0, 0.1) is 5.92 Å². The molecule has 0 bridgehead atoms. The first-order chi connectivity index (χ1) is 11.2. The van der Waals surface area contributed by atoms with E-state index in [9.17, 15) is 4.79 Å². The second-order valence-electron chi connectivity index (χ2n) is 6.58. The highest BCUT2D eigenvalue weighted by Crippen LogP contribution is 2.25. The number of likely N-dealkylation sites (tertiary alicyclic amines) is 1. The molecule has 4 heteroatoms. The average Bonchev–Trinajstić information content (AvgIpc) is 2.59. The summed E-state index contributed by atoms with van der Waals surface area (Å²) in [5.41, 5.74) is 2.44. The van der Waals surface area contributed by atoms with E-state index in [2.05, 4.69) is 24.4 Å². The van der Waals surface area contributed by atoms with Gasteiger partial charge in [-0.05, 0) is 30.1 Å². The van der Waals surface area contributed by atoms with Gasteiger partial charge in [0.2, 0.25) is 5.91 Å². The first-order valence-corrected chi connectivity index (χ1v) is 8.59. The summed E-state index contributed by atoms with van der Waals surface area (Å²) in [6.45, 7) is 7.41. The predicted molar refractivity (Wildman–Crippen MR) is 92.4 cm³/mol. The lowest BCUT2D eigenvalue weighted by atomic mass is 9.93. The Hall–Kier alpha value is -1.81. The Morgan fingerprint density at radius 3 is 3.00 bits per heavy atom. The molecule has 0 aliphatic carbocycles. The number of amides is 1. The van der Waals surface area contributed by atoms with Crippen molar-refractivity contribution in [2.24, 2.45) is 5.92 Å². The molecule has 124 valence electrons. The molecule has 2 aliphatic rings. The molecule has 1 aromatic carbocycles. The maximum atomic E-state index is 11.8. The van der Waals surface area contributed by atoms with Gasteiger partial charge in [0.05, 0.1) is 0 Å². The fourth-order valence-electron chi connectivity index (χ4n) is 3.43. The molecule has 0 saturated carbocycles. The van der Waals surface area contributed by atoms with Gasteiger partial charge in [-0.25, -0.2) is 0 Å². The molecule has 0 spiro atoms. The Bertz CT molecular complexity index is 597. The molecule has 1 saturated heterocycles. The van der Waals surface area contributed by atoms with Crippen LogP contribution in [0.1, 0.15) is 32.3 Å². The molecule has 1 N–H and O–H groups in total. The molecule has 2 aliphatic heterocycles. The van der Waals surface area contributed by atoms with Gasteiger partial charge in [-0.3, -0.25) is 4.79 Å². The minimum atomic E-state index is 0.273. The summed E-state index contributed by atoms with van der Waals surface area (Å²) in [4.78, 5) is 13.8. The summed E-state index contributed by atoms with van der Waals surface area (Å²) in [6, 6.07) is 8.61. The lowest BCUT2D eigenvalue weighted by Gasteiger charge is -2.37. The van der Waals surface area contributed by atoms with Crippen molar-refractivity contribution in [3.05, 3.63) is 35.4 Å². The number of fused-ring (bicyclic) bond motifs is 1. The molecule has 2 unspecified atom stereocenters. The lowest BCUT2D eigenvalue weighted by molar-refractivity contribution is -0.132. The number of hydrogen-bond donors (Lipinski definition) is 1. The van der Waals surface area contributed by atoms with E-state index in [4.69, 9.17) is 4.74 Å². The van der Waals surface area contributed by atoms with E-state index in [1.54, 1.807) is 0 Å². The van der Waals surface area contributed by atoms with E-state index < -0.39 is 0 Å². The van der Waals surface area contributed by atoms with Crippen molar-refractivity contribution in [1.29, 1.82) is 0 Å². The standard InChI is InChI=1S/C19H26N2O2/c1-3-19(22)21-9-8-17(14(2)12-21)20-11-15-10-16-6-4-5-7-18(16)23-13-15/h4-7,10,14,17,20H,3,8-9,11-13H2,1-2H3. The van der Waals surface area contributed by atoms with Crippen LogP contribution in [0.2, 0.25) is 0 Å². The molecule has 4 nitrogen and oxygen atoms in total. The molecule has 1 aromatic rings. The number of rotatable bonds is 4. The molecule has 3 rings (SSSR count). The number of carbonyl (C=O) groups excluding carboxylic acids is 1. The highest BCUT2D eigenvalue weighted by molar-refractivity contribution is 5.75. The highest BCUT2D eigenvalue weighted by atomic mass is 16.5. The summed E-state index contributed by atoms with van der Waals surface area (Å²) in [5, 5.41) is 3.66. The molecular formula is C19H26N2O2. The first-order valence-electron chi connectivity index (χ1n) is 8.59. The minimum absolute atomic E-state index is 0.273. The van der Waals surface area contributed by atoms with Gasteiger partial charge in [-0.15, -0.1) is 0 Å². The molecule has 1 fully saturated rings. The number of nitrogens with zero attached hydrogens (tertiary/aromatic N) is 1. The summed E-state index contributed by atoms with van der Waals surface area (Å²) < 4.78 is 5.80. The number of ether oxygens (including phenoxy) is 1. The maximum absolute atomic E-state index is 11.8. The van der Waals surface area contributed by atoms with Crippen LogP contribution in [-0.2, 0) is 4.79 Å². The largest absolute Gasteiger partial charge is 0.489 e. The predicted octanol–water partition coefficient (Wildman–Crippen LogP) is 2.70. The number of piperidine rings is 1. The van der Waals surface area contributed by atoms with Gasteiger partial charge in [-0.1, -0.05) is 32.0 Å². The zero-order valence-corrected chi connectivity index (χ0v) is 14.0. The summed E-state index contributed by atoms with van der Waals surface area (Å²) in [6.07, 6.45) is 3.86. The van der Waals surface area contributed by atoms with Gasteiger partial charge in [-0.2, -0.15) is 0 Å². The lowest BCUT2D eigenvalue weighted by Crippen LogP contribution is -2.50. The molecule has 0 radical (unpaired) electrons. The molecule has 2 heterocycles. The number of para-hydroxylation sites is 1. The van der Waals surface area contributed by atoms with Gasteiger partial charge >= 0.3 is 0 Å². The Balaban J connectivity index is 1.54. The molecule has 0 aromatic heterocycles. The van der Waals surface area contributed by atoms with Crippen molar-refractivity contribution in [2.45, 2.75) is 32.7 Å².